The van der Waals surface area contributed by atoms with Crippen LogP contribution in [0.3, 0.4) is 0 Å². The third-order valence-electron chi connectivity index (χ3n) is 4.43. The van der Waals surface area contributed by atoms with E-state index in [1.807, 2.05) is 26.0 Å². The molecule has 0 radical (unpaired) electrons. The van der Waals surface area contributed by atoms with E-state index < -0.39 is 0 Å². The monoisotopic (exact) mass is 360 g/mol. The number of hydrogen-bond acceptors (Lipinski definition) is 3. The van der Waals surface area contributed by atoms with Crippen molar-refractivity contribution in [2.75, 3.05) is 18.0 Å². The predicted molar refractivity (Wildman–Crippen MR) is 96.9 cm³/mol. The molecule has 0 spiro atoms. The molecule has 0 aliphatic carbocycles. The number of aryl methyl sites for hydroxylation is 1. The van der Waals surface area contributed by atoms with Crippen molar-refractivity contribution in [3.05, 3.63) is 46.7 Å². The molecule has 1 aliphatic heterocycles. The summed E-state index contributed by atoms with van der Waals surface area (Å²) < 4.78 is 0. The molecule has 7 heteroatoms. The Bertz CT molecular complexity index is 772. The lowest BCUT2D eigenvalue weighted by molar-refractivity contribution is -0.121. The van der Waals surface area contributed by atoms with E-state index in [2.05, 4.69) is 10.2 Å². The minimum absolute atomic E-state index is 0.0549. The molecule has 2 aromatic rings. The maximum absolute atomic E-state index is 12.9. The molecule has 6 nitrogen and oxygen atoms in total. The molecule has 0 saturated carbocycles. The van der Waals surface area contributed by atoms with Crippen molar-refractivity contribution in [3.8, 4) is 0 Å². The molecule has 2 heterocycles. The number of nitrogens with zero attached hydrogens (tertiary/aromatic N) is 3. The van der Waals surface area contributed by atoms with Crippen LogP contribution in [-0.4, -0.2) is 46.0 Å². The van der Waals surface area contributed by atoms with Crippen LogP contribution in [0.25, 0.3) is 0 Å². The second kappa shape index (κ2) is 7.27. The van der Waals surface area contributed by atoms with E-state index in [-0.39, 0.29) is 24.4 Å². The highest BCUT2D eigenvalue weighted by molar-refractivity contribution is 6.30. The zero-order valence-electron chi connectivity index (χ0n) is 14.3. The van der Waals surface area contributed by atoms with Crippen molar-refractivity contribution < 1.29 is 9.59 Å². The first-order valence-electron chi connectivity index (χ1n) is 8.40. The number of nitrogens with one attached hydrogen (secondary N) is 1. The average molecular weight is 361 g/mol. The van der Waals surface area contributed by atoms with Crippen LogP contribution in [0.2, 0.25) is 5.02 Å². The first kappa shape index (κ1) is 17.5. The van der Waals surface area contributed by atoms with Gasteiger partial charge in [-0.05, 0) is 37.6 Å². The smallest absolute Gasteiger partial charge is 0.258 e. The zero-order valence-corrected chi connectivity index (χ0v) is 15.1. The molecule has 1 N–H and O–H groups in total. The van der Waals surface area contributed by atoms with Crippen LogP contribution < -0.4 is 4.90 Å². The standard InChI is InChI=1S/C18H21ClN4O2/c1-3-4-16-15(9-20-21-16)18(25)22-11-17(24)23(10-12(22)2)14-7-5-13(19)6-8-14/h5-9,12H,3-4,10-11H2,1-2H3,(H,20,21)/t12-/m0/s1. The summed E-state index contributed by atoms with van der Waals surface area (Å²) in [5.74, 6) is -0.247. The van der Waals surface area contributed by atoms with Crippen LogP contribution in [0.5, 0.6) is 0 Å². The van der Waals surface area contributed by atoms with Gasteiger partial charge in [0.2, 0.25) is 5.91 Å². The van der Waals surface area contributed by atoms with E-state index in [0.717, 1.165) is 24.2 Å². The number of carbonyl (C=O) groups excluding carboxylic acids is 2. The Morgan fingerprint density at radius 2 is 2.08 bits per heavy atom. The molecule has 3 rings (SSSR count). The second-order valence-corrected chi connectivity index (χ2v) is 6.71. The van der Waals surface area contributed by atoms with Crippen LogP contribution in [0.15, 0.2) is 30.5 Å². The van der Waals surface area contributed by atoms with Crippen molar-refractivity contribution >= 4 is 29.1 Å². The molecule has 0 bridgehead atoms. The molecule has 1 aromatic heterocycles. The fraction of sp³-hybridized carbons (Fsp3) is 0.389. The third-order valence-corrected chi connectivity index (χ3v) is 4.69. The number of halogens is 1. The number of aromatic amines is 1. The maximum Gasteiger partial charge on any atom is 0.258 e. The van der Waals surface area contributed by atoms with Gasteiger partial charge in [0, 0.05) is 29.0 Å². The van der Waals surface area contributed by atoms with Crippen molar-refractivity contribution in [3.63, 3.8) is 0 Å². The molecule has 1 aromatic carbocycles. The number of rotatable bonds is 4. The second-order valence-electron chi connectivity index (χ2n) is 6.28. The predicted octanol–water partition coefficient (Wildman–Crippen LogP) is 2.89. The van der Waals surface area contributed by atoms with E-state index in [0.29, 0.717) is 17.1 Å². The molecule has 1 saturated heterocycles. The Morgan fingerprint density at radius 3 is 2.76 bits per heavy atom. The number of hydrogen-bond donors (Lipinski definition) is 1. The zero-order chi connectivity index (χ0) is 18.0. The summed E-state index contributed by atoms with van der Waals surface area (Å²) in [5.41, 5.74) is 2.18. The SMILES string of the molecule is CCCc1[nH]ncc1C(=O)N1CC(=O)N(c2ccc(Cl)cc2)C[C@@H]1C. The van der Waals surface area contributed by atoms with Crippen molar-refractivity contribution in [2.45, 2.75) is 32.7 Å². The van der Waals surface area contributed by atoms with Crippen molar-refractivity contribution in [1.82, 2.24) is 15.1 Å². The minimum atomic E-state index is -0.145. The number of H-pyrrole nitrogens is 1. The first-order valence-corrected chi connectivity index (χ1v) is 8.78. The topological polar surface area (TPSA) is 69.3 Å². The highest BCUT2D eigenvalue weighted by Gasteiger charge is 2.34. The molecule has 132 valence electrons. The van der Waals surface area contributed by atoms with E-state index in [1.165, 1.54) is 0 Å². The van der Waals surface area contributed by atoms with Gasteiger partial charge in [0.15, 0.2) is 0 Å². The number of anilines is 1. The Labute approximate surface area is 151 Å². The summed E-state index contributed by atoms with van der Waals surface area (Å²) in [7, 11) is 0. The van der Waals surface area contributed by atoms with Crippen LogP contribution in [0.1, 0.15) is 36.3 Å². The van der Waals surface area contributed by atoms with E-state index in [4.69, 9.17) is 11.6 Å². The number of amides is 2. The maximum atomic E-state index is 12.9. The molecule has 2 amide bonds. The van der Waals surface area contributed by atoms with E-state index in [9.17, 15) is 9.59 Å². The quantitative estimate of drug-likeness (QED) is 0.911. The Balaban J connectivity index is 1.78. The molecule has 0 unspecified atom stereocenters. The van der Waals surface area contributed by atoms with Gasteiger partial charge in [-0.1, -0.05) is 24.9 Å². The van der Waals surface area contributed by atoms with Gasteiger partial charge in [0.25, 0.3) is 5.91 Å². The van der Waals surface area contributed by atoms with Crippen LogP contribution >= 0.6 is 11.6 Å². The van der Waals surface area contributed by atoms with Gasteiger partial charge in [-0.2, -0.15) is 5.10 Å². The molecule has 1 aliphatic rings. The Morgan fingerprint density at radius 1 is 1.36 bits per heavy atom. The Kier molecular flexibility index (Phi) is 5.08. The largest absolute Gasteiger partial charge is 0.325 e. The highest BCUT2D eigenvalue weighted by Crippen LogP contribution is 2.23. The third kappa shape index (κ3) is 3.54. The summed E-state index contributed by atoms with van der Waals surface area (Å²) >= 11 is 5.91. The minimum Gasteiger partial charge on any atom is -0.325 e. The normalized spacial score (nSPS) is 17.9. The van der Waals surface area contributed by atoms with Crippen LogP contribution in [0.4, 0.5) is 5.69 Å². The van der Waals surface area contributed by atoms with Gasteiger partial charge in [0.05, 0.1) is 11.8 Å². The first-order chi connectivity index (χ1) is 12.0. The molecule has 1 atom stereocenters. The van der Waals surface area contributed by atoms with Crippen molar-refractivity contribution in [1.29, 1.82) is 0 Å². The lowest BCUT2D eigenvalue weighted by Crippen LogP contribution is -2.57. The number of benzene rings is 1. The summed E-state index contributed by atoms with van der Waals surface area (Å²) in [6.07, 6.45) is 3.23. The van der Waals surface area contributed by atoms with Crippen LogP contribution in [0, 0.1) is 0 Å². The van der Waals surface area contributed by atoms with E-state index >= 15 is 0 Å². The van der Waals surface area contributed by atoms with Gasteiger partial charge in [0.1, 0.15) is 6.54 Å². The van der Waals surface area contributed by atoms with Crippen molar-refractivity contribution in [2.24, 2.45) is 0 Å². The van der Waals surface area contributed by atoms with Gasteiger partial charge >= 0.3 is 0 Å². The fourth-order valence-corrected chi connectivity index (χ4v) is 3.21. The summed E-state index contributed by atoms with van der Waals surface area (Å²) in [5, 5.41) is 7.50. The lowest BCUT2D eigenvalue weighted by atomic mass is 10.1. The highest BCUT2D eigenvalue weighted by atomic mass is 35.5. The lowest BCUT2D eigenvalue weighted by Gasteiger charge is -2.39. The van der Waals surface area contributed by atoms with Gasteiger partial charge in [-0.25, -0.2) is 0 Å². The average Bonchev–Trinajstić information content (AvgIpc) is 3.05. The number of aromatic nitrogens is 2. The van der Waals surface area contributed by atoms with Gasteiger partial charge in [-0.3, -0.25) is 14.7 Å². The Hall–Kier alpha value is -2.34. The molecular weight excluding hydrogens is 340 g/mol. The fourth-order valence-electron chi connectivity index (χ4n) is 3.09. The van der Waals surface area contributed by atoms with Gasteiger partial charge < -0.3 is 9.80 Å². The summed E-state index contributed by atoms with van der Waals surface area (Å²) in [6.45, 7) is 4.51. The molecule has 25 heavy (non-hydrogen) atoms. The molecular formula is C18H21ClN4O2. The number of carbonyl (C=O) groups is 2. The number of piperazine rings is 1. The van der Waals surface area contributed by atoms with E-state index in [1.54, 1.807) is 28.1 Å². The summed E-state index contributed by atoms with van der Waals surface area (Å²) in [4.78, 5) is 28.8. The summed E-state index contributed by atoms with van der Waals surface area (Å²) in [6, 6.07) is 7.06. The van der Waals surface area contributed by atoms with Crippen LogP contribution in [-0.2, 0) is 11.2 Å². The van der Waals surface area contributed by atoms with Gasteiger partial charge in [-0.15, -0.1) is 0 Å². The molecule has 1 fully saturated rings.